The summed E-state index contributed by atoms with van der Waals surface area (Å²) in [5, 5.41) is 12.3. The van der Waals surface area contributed by atoms with Crippen LogP contribution in [0.25, 0.3) is 11.4 Å². The molecular formula is C11H15N5O3S. The Morgan fingerprint density at radius 3 is 2.60 bits per heavy atom. The minimum atomic E-state index is -3.96. The molecule has 0 amide bonds. The number of aryl methyl sites for hydroxylation is 1. The molecule has 108 valence electrons. The normalized spacial score (nSPS) is 11.8. The van der Waals surface area contributed by atoms with Crippen molar-refractivity contribution in [3.05, 3.63) is 28.7 Å². The highest BCUT2D eigenvalue weighted by Gasteiger charge is 2.21. The molecule has 0 saturated carbocycles. The van der Waals surface area contributed by atoms with E-state index in [9.17, 15) is 13.2 Å². The lowest BCUT2D eigenvalue weighted by molar-refractivity contribution is 0.559. The van der Waals surface area contributed by atoms with Gasteiger partial charge in [0.2, 0.25) is 0 Å². The predicted octanol–water partition coefficient (Wildman–Crippen LogP) is -0.299. The van der Waals surface area contributed by atoms with E-state index >= 15 is 0 Å². The quantitative estimate of drug-likeness (QED) is 0.832. The van der Waals surface area contributed by atoms with E-state index in [0.717, 1.165) is 0 Å². The maximum Gasteiger partial charge on any atom is 0.273 e. The summed E-state index contributed by atoms with van der Waals surface area (Å²) in [4.78, 5) is 11.6. The van der Waals surface area contributed by atoms with Gasteiger partial charge in [0.05, 0.1) is 0 Å². The van der Waals surface area contributed by atoms with Gasteiger partial charge in [-0.15, -0.1) is 10.2 Å². The van der Waals surface area contributed by atoms with Gasteiger partial charge in [-0.25, -0.2) is 13.6 Å². The zero-order valence-corrected chi connectivity index (χ0v) is 12.0. The van der Waals surface area contributed by atoms with E-state index in [1.807, 2.05) is 6.92 Å². The molecule has 0 bridgehead atoms. The van der Waals surface area contributed by atoms with Crippen molar-refractivity contribution in [2.75, 3.05) is 0 Å². The predicted molar refractivity (Wildman–Crippen MR) is 72.4 cm³/mol. The number of pyridine rings is 1. The Hall–Kier alpha value is -2.00. The molecule has 0 aliphatic carbocycles. The highest BCUT2D eigenvalue weighted by atomic mass is 32.2. The molecule has 0 fully saturated rings. The van der Waals surface area contributed by atoms with Gasteiger partial charge in [0, 0.05) is 31.4 Å². The van der Waals surface area contributed by atoms with Crippen LogP contribution in [0.1, 0.15) is 13.3 Å². The Morgan fingerprint density at radius 1 is 1.35 bits per heavy atom. The molecule has 0 atom stereocenters. The summed E-state index contributed by atoms with van der Waals surface area (Å²) in [6, 6.07) is 3.05. The van der Waals surface area contributed by atoms with Gasteiger partial charge in [-0.3, -0.25) is 9.36 Å². The summed E-state index contributed by atoms with van der Waals surface area (Å²) in [7, 11) is -2.33. The van der Waals surface area contributed by atoms with E-state index in [1.54, 1.807) is 19.3 Å². The standard InChI is InChI=1S/C11H15N5O3S/c1-3-5-16-10(13-14-11(16)20(12,18)19)8-4-6-15(2)9(17)7-8/h4,6-7H,3,5H2,1-2H3,(H2,12,18,19). The molecule has 2 aromatic heterocycles. The highest BCUT2D eigenvalue weighted by Crippen LogP contribution is 2.18. The number of nitrogens with two attached hydrogens (primary N) is 1. The maximum absolute atomic E-state index is 11.6. The van der Waals surface area contributed by atoms with Gasteiger partial charge >= 0.3 is 0 Å². The fourth-order valence-electron chi connectivity index (χ4n) is 1.83. The van der Waals surface area contributed by atoms with Gasteiger partial charge in [0.1, 0.15) is 0 Å². The van der Waals surface area contributed by atoms with E-state index < -0.39 is 10.0 Å². The zero-order chi connectivity index (χ0) is 14.9. The molecular weight excluding hydrogens is 282 g/mol. The molecule has 0 aliphatic heterocycles. The van der Waals surface area contributed by atoms with Crippen LogP contribution in [0.4, 0.5) is 0 Å². The van der Waals surface area contributed by atoms with Gasteiger partial charge in [-0.05, 0) is 12.5 Å². The van der Waals surface area contributed by atoms with Crippen LogP contribution >= 0.6 is 0 Å². The fourth-order valence-corrected chi connectivity index (χ4v) is 2.47. The van der Waals surface area contributed by atoms with Crippen LogP contribution in [-0.4, -0.2) is 27.7 Å². The number of primary sulfonamides is 1. The third-order valence-electron chi connectivity index (χ3n) is 2.78. The molecule has 2 N–H and O–H groups in total. The first-order valence-corrected chi connectivity index (χ1v) is 7.52. The van der Waals surface area contributed by atoms with Gasteiger partial charge in [-0.2, -0.15) is 0 Å². The van der Waals surface area contributed by atoms with Crippen molar-refractivity contribution < 1.29 is 8.42 Å². The van der Waals surface area contributed by atoms with Crippen molar-refractivity contribution in [3.63, 3.8) is 0 Å². The number of rotatable bonds is 4. The van der Waals surface area contributed by atoms with Gasteiger partial charge in [0.15, 0.2) is 5.82 Å². The molecule has 9 heteroatoms. The lowest BCUT2D eigenvalue weighted by Gasteiger charge is -2.08. The third kappa shape index (κ3) is 2.63. The third-order valence-corrected chi connectivity index (χ3v) is 3.59. The Labute approximate surface area is 115 Å². The monoisotopic (exact) mass is 297 g/mol. The van der Waals surface area contributed by atoms with Gasteiger partial charge < -0.3 is 4.57 Å². The second-order valence-electron chi connectivity index (χ2n) is 4.37. The van der Waals surface area contributed by atoms with Crippen molar-refractivity contribution in [3.8, 4) is 11.4 Å². The minimum absolute atomic E-state index is 0.217. The summed E-state index contributed by atoms with van der Waals surface area (Å²) >= 11 is 0. The topological polar surface area (TPSA) is 113 Å². The van der Waals surface area contributed by atoms with Crippen LogP contribution in [0.15, 0.2) is 28.3 Å². The Kier molecular flexibility index (Phi) is 3.73. The molecule has 8 nitrogen and oxygen atoms in total. The van der Waals surface area contributed by atoms with E-state index in [1.165, 1.54) is 15.2 Å². The molecule has 0 spiro atoms. The first-order valence-electron chi connectivity index (χ1n) is 5.97. The average molecular weight is 297 g/mol. The molecule has 0 aliphatic rings. The minimum Gasteiger partial charge on any atom is -0.319 e. The molecule has 2 aromatic rings. The zero-order valence-electron chi connectivity index (χ0n) is 11.1. The van der Waals surface area contributed by atoms with E-state index in [-0.39, 0.29) is 10.7 Å². The summed E-state index contributed by atoms with van der Waals surface area (Å²) in [5.41, 5.74) is 0.287. The van der Waals surface area contributed by atoms with Crippen LogP contribution in [-0.2, 0) is 23.6 Å². The lowest BCUT2D eigenvalue weighted by atomic mass is 10.2. The second-order valence-corrected chi connectivity index (χ2v) is 5.82. The number of hydrogen-bond acceptors (Lipinski definition) is 5. The molecule has 0 radical (unpaired) electrons. The van der Waals surface area contributed by atoms with Crippen molar-refractivity contribution >= 4 is 10.0 Å². The van der Waals surface area contributed by atoms with Crippen molar-refractivity contribution in [2.24, 2.45) is 12.2 Å². The van der Waals surface area contributed by atoms with E-state index in [0.29, 0.717) is 24.4 Å². The van der Waals surface area contributed by atoms with Crippen LogP contribution in [0, 0.1) is 0 Å². The van der Waals surface area contributed by atoms with E-state index in [4.69, 9.17) is 5.14 Å². The number of sulfonamides is 1. The van der Waals surface area contributed by atoms with E-state index in [2.05, 4.69) is 10.2 Å². The molecule has 20 heavy (non-hydrogen) atoms. The van der Waals surface area contributed by atoms with Crippen molar-refractivity contribution in [1.29, 1.82) is 0 Å². The Morgan fingerprint density at radius 2 is 2.05 bits per heavy atom. The van der Waals surface area contributed by atoms with Crippen molar-refractivity contribution in [2.45, 2.75) is 25.0 Å². The van der Waals surface area contributed by atoms with Crippen LogP contribution in [0.5, 0.6) is 0 Å². The number of hydrogen-bond donors (Lipinski definition) is 1. The van der Waals surface area contributed by atoms with Crippen molar-refractivity contribution in [1.82, 2.24) is 19.3 Å². The second kappa shape index (κ2) is 5.17. The smallest absolute Gasteiger partial charge is 0.273 e. The Bertz CT molecular complexity index is 791. The molecule has 2 rings (SSSR count). The lowest BCUT2D eigenvalue weighted by Crippen LogP contribution is -2.19. The molecule has 0 unspecified atom stereocenters. The molecule has 0 aromatic carbocycles. The van der Waals surface area contributed by atoms with Crippen LogP contribution < -0.4 is 10.7 Å². The fraction of sp³-hybridized carbons (Fsp3) is 0.364. The van der Waals surface area contributed by atoms with Gasteiger partial charge in [-0.1, -0.05) is 6.92 Å². The first-order chi connectivity index (χ1) is 9.34. The average Bonchev–Trinajstić information content (AvgIpc) is 2.77. The van der Waals surface area contributed by atoms with Crippen LogP contribution in [0.3, 0.4) is 0 Å². The van der Waals surface area contributed by atoms with Gasteiger partial charge in [0.25, 0.3) is 20.7 Å². The first kappa shape index (κ1) is 14.4. The largest absolute Gasteiger partial charge is 0.319 e. The maximum atomic E-state index is 11.6. The summed E-state index contributed by atoms with van der Waals surface area (Å²) < 4.78 is 25.8. The number of aromatic nitrogens is 4. The summed E-state index contributed by atoms with van der Waals surface area (Å²) in [6.07, 6.45) is 2.26. The summed E-state index contributed by atoms with van der Waals surface area (Å²) in [6.45, 7) is 2.28. The highest BCUT2D eigenvalue weighted by molar-refractivity contribution is 7.89. The molecule has 0 saturated heterocycles. The van der Waals surface area contributed by atoms with Crippen LogP contribution in [0.2, 0.25) is 0 Å². The SMILES string of the molecule is CCCn1c(-c2ccn(C)c(=O)c2)nnc1S(N)(=O)=O. The summed E-state index contributed by atoms with van der Waals surface area (Å²) in [5.74, 6) is 0.313. The number of nitrogens with zero attached hydrogens (tertiary/aromatic N) is 4. The molecule has 2 heterocycles. The Balaban J connectivity index is 2.65.